The molecule has 0 amide bonds. The van der Waals surface area contributed by atoms with Crippen molar-refractivity contribution >= 4 is 0 Å². The highest BCUT2D eigenvalue weighted by Gasteiger charge is 2.27. The minimum atomic E-state index is -4.13. The SMILES string of the molecule is Cc1cccc(CCC(C)NCC(F)(F)F)c1. The van der Waals surface area contributed by atoms with E-state index in [1.54, 1.807) is 6.92 Å². The van der Waals surface area contributed by atoms with Crippen LogP contribution >= 0.6 is 0 Å². The number of benzene rings is 1. The van der Waals surface area contributed by atoms with Crippen molar-refractivity contribution in [1.82, 2.24) is 5.32 Å². The molecule has 0 aliphatic rings. The van der Waals surface area contributed by atoms with Crippen molar-refractivity contribution in [3.63, 3.8) is 0 Å². The van der Waals surface area contributed by atoms with Crippen molar-refractivity contribution in [3.8, 4) is 0 Å². The molecule has 1 aromatic carbocycles. The average Bonchev–Trinajstić information content (AvgIpc) is 2.23. The van der Waals surface area contributed by atoms with Gasteiger partial charge in [-0.25, -0.2) is 0 Å². The van der Waals surface area contributed by atoms with Crippen molar-refractivity contribution in [1.29, 1.82) is 0 Å². The second-order valence-corrected chi connectivity index (χ2v) is 4.42. The fraction of sp³-hybridized carbons (Fsp3) is 0.538. The normalized spacial score (nSPS) is 13.7. The highest BCUT2D eigenvalue weighted by Crippen LogP contribution is 2.13. The summed E-state index contributed by atoms with van der Waals surface area (Å²) >= 11 is 0. The van der Waals surface area contributed by atoms with E-state index in [9.17, 15) is 13.2 Å². The van der Waals surface area contributed by atoms with Crippen LogP contribution in [0.5, 0.6) is 0 Å². The van der Waals surface area contributed by atoms with E-state index in [0.717, 1.165) is 6.42 Å². The highest BCUT2D eigenvalue weighted by molar-refractivity contribution is 5.22. The second kappa shape index (κ2) is 6.05. The van der Waals surface area contributed by atoms with Crippen LogP contribution < -0.4 is 5.32 Å². The average molecular weight is 245 g/mol. The molecule has 0 radical (unpaired) electrons. The third-order valence-corrected chi connectivity index (χ3v) is 2.60. The summed E-state index contributed by atoms with van der Waals surface area (Å²) in [5, 5.41) is 2.48. The molecule has 96 valence electrons. The van der Waals surface area contributed by atoms with Gasteiger partial charge in [0.1, 0.15) is 0 Å². The summed E-state index contributed by atoms with van der Waals surface area (Å²) in [5.41, 5.74) is 2.35. The van der Waals surface area contributed by atoms with Gasteiger partial charge in [0.2, 0.25) is 0 Å². The molecular formula is C13H18F3N. The van der Waals surface area contributed by atoms with E-state index in [1.165, 1.54) is 11.1 Å². The van der Waals surface area contributed by atoms with Gasteiger partial charge in [0.25, 0.3) is 0 Å². The number of halogens is 3. The summed E-state index contributed by atoms with van der Waals surface area (Å²) < 4.78 is 35.9. The number of aryl methyl sites for hydroxylation is 2. The first-order chi connectivity index (χ1) is 7.87. The zero-order valence-corrected chi connectivity index (χ0v) is 10.1. The Morgan fingerprint density at radius 3 is 2.59 bits per heavy atom. The summed E-state index contributed by atoms with van der Waals surface area (Å²) in [5.74, 6) is 0. The predicted octanol–water partition coefficient (Wildman–Crippen LogP) is 3.47. The van der Waals surface area contributed by atoms with Gasteiger partial charge >= 0.3 is 6.18 Å². The van der Waals surface area contributed by atoms with Crippen LogP contribution in [0.1, 0.15) is 24.5 Å². The summed E-state index contributed by atoms with van der Waals surface area (Å²) in [4.78, 5) is 0. The smallest absolute Gasteiger partial charge is 0.306 e. The van der Waals surface area contributed by atoms with Crippen molar-refractivity contribution in [2.45, 2.75) is 38.9 Å². The Morgan fingerprint density at radius 2 is 2.00 bits per heavy atom. The first-order valence-electron chi connectivity index (χ1n) is 5.72. The van der Waals surface area contributed by atoms with Crippen molar-refractivity contribution < 1.29 is 13.2 Å². The Kier molecular flexibility index (Phi) is 5.00. The van der Waals surface area contributed by atoms with Gasteiger partial charge in [0, 0.05) is 6.04 Å². The van der Waals surface area contributed by atoms with Crippen LogP contribution in [-0.4, -0.2) is 18.8 Å². The second-order valence-electron chi connectivity index (χ2n) is 4.42. The molecule has 0 aromatic heterocycles. The molecule has 1 nitrogen and oxygen atoms in total. The Hall–Kier alpha value is -1.03. The highest BCUT2D eigenvalue weighted by atomic mass is 19.4. The van der Waals surface area contributed by atoms with Gasteiger partial charge in [-0.1, -0.05) is 29.8 Å². The molecule has 0 fully saturated rings. The Morgan fingerprint density at radius 1 is 1.29 bits per heavy atom. The molecule has 0 bridgehead atoms. The van der Waals surface area contributed by atoms with Gasteiger partial charge in [-0.2, -0.15) is 13.2 Å². The van der Waals surface area contributed by atoms with Crippen LogP contribution in [0.3, 0.4) is 0 Å². The minimum absolute atomic E-state index is 0.128. The molecule has 1 unspecified atom stereocenters. The number of hydrogen-bond acceptors (Lipinski definition) is 1. The molecule has 0 spiro atoms. The minimum Gasteiger partial charge on any atom is -0.306 e. The van der Waals surface area contributed by atoms with Crippen molar-refractivity contribution in [3.05, 3.63) is 35.4 Å². The van der Waals surface area contributed by atoms with Crippen LogP contribution in [0.4, 0.5) is 13.2 Å². The Balaban J connectivity index is 2.31. The molecule has 4 heteroatoms. The van der Waals surface area contributed by atoms with E-state index in [2.05, 4.69) is 11.4 Å². The van der Waals surface area contributed by atoms with E-state index in [-0.39, 0.29) is 6.04 Å². The van der Waals surface area contributed by atoms with E-state index >= 15 is 0 Å². The lowest BCUT2D eigenvalue weighted by Crippen LogP contribution is -2.35. The maximum Gasteiger partial charge on any atom is 0.401 e. The largest absolute Gasteiger partial charge is 0.401 e. The van der Waals surface area contributed by atoms with Gasteiger partial charge in [-0.3, -0.25) is 0 Å². The van der Waals surface area contributed by atoms with E-state index in [1.807, 2.05) is 25.1 Å². The summed E-state index contributed by atoms with van der Waals surface area (Å²) in [6.07, 6.45) is -2.62. The maximum atomic E-state index is 12.0. The lowest BCUT2D eigenvalue weighted by atomic mass is 10.0. The number of nitrogens with one attached hydrogen (secondary N) is 1. The third kappa shape index (κ3) is 6.31. The Labute approximate surface area is 100 Å². The van der Waals surface area contributed by atoms with E-state index in [0.29, 0.717) is 6.42 Å². The predicted molar refractivity (Wildman–Crippen MR) is 63.0 cm³/mol. The van der Waals surface area contributed by atoms with Gasteiger partial charge in [0.05, 0.1) is 6.54 Å². The molecule has 0 aliphatic heterocycles. The zero-order valence-electron chi connectivity index (χ0n) is 10.1. The fourth-order valence-electron chi connectivity index (χ4n) is 1.64. The molecular weight excluding hydrogens is 227 g/mol. The Bertz CT molecular complexity index is 347. The summed E-state index contributed by atoms with van der Waals surface area (Å²) in [6.45, 7) is 2.87. The first-order valence-corrected chi connectivity index (χ1v) is 5.72. The zero-order chi connectivity index (χ0) is 12.9. The van der Waals surface area contributed by atoms with Crippen LogP contribution in [0.25, 0.3) is 0 Å². The quantitative estimate of drug-likeness (QED) is 0.837. The fourth-order valence-corrected chi connectivity index (χ4v) is 1.64. The van der Waals surface area contributed by atoms with Crippen LogP contribution in [-0.2, 0) is 6.42 Å². The third-order valence-electron chi connectivity index (χ3n) is 2.60. The lowest BCUT2D eigenvalue weighted by molar-refractivity contribution is -0.126. The molecule has 1 rings (SSSR count). The van der Waals surface area contributed by atoms with Crippen molar-refractivity contribution in [2.75, 3.05) is 6.54 Å². The topological polar surface area (TPSA) is 12.0 Å². The summed E-state index contributed by atoms with van der Waals surface area (Å²) in [6, 6.07) is 7.92. The van der Waals surface area contributed by atoms with Crippen LogP contribution in [0.2, 0.25) is 0 Å². The molecule has 0 saturated heterocycles. The lowest BCUT2D eigenvalue weighted by Gasteiger charge is -2.15. The van der Waals surface area contributed by atoms with Gasteiger partial charge in [-0.15, -0.1) is 0 Å². The first kappa shape index (κ1) is 14.0. The van der Waals surface area contributed by atoms with Crippen LogP contribution in [0.15, 0.2) is 24.3 Å². The monoisotopic (exact) mass is 245 g/mol. The number of rotatable bonds is 5. The molecule has 1 atom stereocenters. The van der Waals surface area contributed by atoms with Gasteiger partial charge < -0.3 is 5.32 Å². The summed E-state index contributed by atoms with van der Waals surface area (Å²) in [7, 11) is 0. The number of alkyl halides is 3. The van der Waals surface area contributed by atoms with Gasteiger partial charge in [-0.05, 0) is 32.3 Å². The van der Waals surface area contributed by atoms with E-state index < -0.39 is 12.7 Å². The van der Waals surface area contributed by atoms with Gasteiger partial charge in [0.15, 0.2) is 0 Å². The van der Waals surface area contributed by atoms with E-state index in [4.69, 9.17) is 0 Å². The van der Waals surface area contributed by atoms with Crippen LogP contribution in [0, 0.1) is 6.92 Å². The molecule has 0 heterocycles. The number of hydrogen-bond donors (Lipinski definition) is 1. The molecule has 17 heavy (non-hydrogen) atoms. The molecule has 1 aromatic rings. The molecule has 0 aliphatic carbocycles. The standard InChI is InChI=1S/C13H18F3N/c1-10-4-3-5-12(8-10)7-6-11(2)17-9-13(14,15)16/h3-5,8,11,17H,6-7,9H2,1-2H3. The molecule has 0 saturated carbocycles. The van der Waals surface area contributed by atoms with Crippen molar-refractivity contribution in [2.24, 2.45) is 0 Å². The maximum absolute atomic E-state index is 12.0. The molecule has 1 N–H and O–H groups in total.